The third-order valence-corrected chi connectivity index (χ3v) is 5.88. The molecule has 1 aromatic rings. The van der Waals surface area contributed by atoms with Gasteiger partial charge >= 0.3 is 18.0 Å². The van der Waals surface area contributed by atoms with E-state index >= 15 is 0 Å². The highest BCUT2D eigenvalue weighted by Gasteiger charge is 2.39. The molecule has 1 aromatic carbocycles. The minimum atomic E-state index is -0.591. The maximum atomic E-state index is 13.1. The van der Waals surface area contributed by atoms with Crippen molar-refractivity contribution in [2.24, 2.45) is 5.92 Å². The lowest BCUT2D eigenvalue weighted by Gasteiger charge is -2.39. The average Bonchev–Trinajstić information content (AvgIpc) is 2.80. The second-order valence-electron chi connectivity index (χ2n) is 7.94. The molecule has 3 rings (SSSR count). The Morgan fingerprint density at radius 2 is 1.81 bits per heavy atom. The molecule has 174 valence electrons. The van der Waals surface area contributed by atoms with Gasteiger partial charge in [-0.05, 0) is 45.7 Å². The first-order valence-corrected chi connectivity index (χ1v) is 11.4. The van der Waals surface area contributed by atoms with E-state index in [9.17, 15) is 14.4 Å². The number of carbonyl (C=O) groups is 3. The highest BCUT2D eigenvalue weighted by Crippen LogP contribution is 2.32. The lowest BCUT2D eigenvalue weighted by atomic mass is 9.93. The van der Waals surface area contributed by atoms with Crippen LogP contribution in [0.4, 0.5) is 4.79 Å². The fourth-order valence-electron chi connectivity index (χ4n) is 4.42. The molecule has 8 nitrogen and oxygen atoms in total. The summed E-state index contributed by atoms with van der Waals surface area (Å²) in [7, 11) is 0. The van der Waals surface area contributed by atoms with Gasteiger partial charge in [0.1, 0.15) is 0 Å². The quantitative estimate of drug-likeness (QED) is 0.622. The van der Waals surface area contributed by atoms with Crippen LogP contribution < -0.4 is 5.32 Å². The van der Waals surface area contributed by atoms with Gasteiger partial charge in [-0.3, -0.25) is 14.6 Å². The summed E-state index contributed by atoms with van der Waals surface area (Å²) in [5, 5.41) is 2.97. The lowest BCUT2D eigenvalue weighted by molar-refractivity contribution is -0.150. The van der Waals surface area contributed by atoms with Gasteiger partial charge in [-0.25, -0.2) is 9.59 Å². The Morgan fingerprint density at radius 3 is 2.47 bits per heavy atom. The Bertz CT molecular complexity index is 854. The Balaban J connectivity index is 1.98. The zero-order valence-electron chi connectivity index (χ0n) is 19.1. The van der Waals surface area contributed by atoms with Gasteiger partial charge in [0, 0.05) is 25.3 Å². The number of benzene rings is 1. The predicted molar refractivity (Wildman–Crippen MR) is 120 cm³/mol. The Morgan fingerprint density at radius 1 is 1.09 bits per heavy atom. The monoisotopic (exact) mass is 443 g/mol. The fourth-order valence-corrected chi connectivity index (χ4v) is 4.42. The van der Waals surface area contributed by atoms with E-state index in [2.05, 4.69) is 10.2 Å². The fraction of sp³-hybridized carbons (Fsp3) is 0.542. The Hall–Kier alpha value is -2.87. The van der Waals surface area contributed by atoms with Crippen molar-refractivity contribution in [3.8, 4) is 0 Å². The number of urea groups is 1. The van der Waals surface area contributed by atoms with Crippen molar-refractivity contribution in [3.05, 3.63) is 47.2 Å². The molecule has 2 heterocycles. The first-order valence-electron chi connectivity index (χ1n) is 11.4. The van der Waals surface area contributed by atoms with E-state index in [1.807, 2.05) is 37.3 Å². The van der Waals surface area contributed by atoms with Gasteiger partial charge in [-0.15, -0.1) is 0 Å². The van der Waals surface area contributed by atoms with Crippen molar-refractivity contribution in [1.29, 1.82) is 0 Å². The summed E-state index contributed by atoms with van der Waals surface area (Å²) in [6.45, 7) is 8.17. The molecule has 0 spiro atoms. The molecule has 32 heavy (non-hydrogen) atoms. The van der Waals surface area contributed by atoms with Crippen LogP contribution in [0.5, 0.6) is 0 Å². The van der Waals surface area contributed by atoms with Gasteiger partial charge in [0.2, 0.25) is 0 Å². The maximum Gasteiger partial charge on any atom is 0.338 e. The van der Waals surface area contributed by atoms with Gasteiger partial charge < -0.3 is 14.8 Å². The molecule has 2 atom stereocenters. The molecule has 2 aliphatic heterocycles. The van der Waals surface area contributed by atoms with Crippen molar-refractivity contribution in [1.82, 2.24) is 15.1 Å². The molecular formula is C24H33N3O5. The van der Waals surface area contributed by atoms with Crippen LogP contribution in [-0.2, 0) is 19.1 Å². The van der Waals surface area contributed by atoms with Crippen LogP contribution in [0.3, 0.4) is 0 Å². The first kappa shape index (κ1) is 23.8. The highest BCUT2D eigenvalue weighted by atomic mass is 16.5. The average molecular weight is 444 g/mol. The zero-order chi connectivity index (χ0) is 23.1. The van der Waals surface area contributed by atoms with Crippen LogP contribution in [0, 0.1) is 5.92 Å². The molecule has 1 fully saturated rings. The van der Waals surface area contributed by atoms with Crippen molar-refractivity contribution >= 4 is 18.0 Å². The largest absolute Gasteiger partial charge is 0.466 e. The standard InChI is InChI=1S/C24H33N3O5/c1-4-27-19(16-26-14-10-13-18(15-26)22(28)31-5-2)20(23(29)32-6-3)21(25-24(27)30)17-11-8-7-9-12-17/h7-9,11-12,18,21H,4-6,10,13-16H2,1-3H3,(H,25,30)/t18-,21-/m1/s1. The summed E-state index contributed by atoms with van der Waals surface area (Å²) >= 11 is 0. The molecule has 1 N–H and O–H groups in total. The number of rotatable bonds is 8. The van der Waals surface area contributed by atoms with Gasteiger partial charge in [0.25, 0.3) is 0 Å². The van der Waals surface area contributed by atoms with Crippen LogP contribution in [0.15, 0.2) is 41.6 Å². The van der Waals surface area contributed by atoms with E-state index in [0.29, 0.717) is 37.5 Å². The second kappa shape index (κ2) is 11.1. The van der Waals surface area contributed by atoms with Crippen LogP contribution in [0.1, 0.15) is 45.2 Å². The van der Waals surface area contributed by atoms with Gasteiger partial charge in [-0.2, -0.15) is 0 Å². The summed E-state index contributed by atoms with van der Waals surface area (Å²) in [5.41, 5.74) is 1.89. The Kier molecular flexibility index (Phi) is 8.27. The molecule has 8 heteroatoms. The van der Waals surface area contributed by atoms with Crippen LogP contribution in [-0.4, -0.2) is 67.2 Å². The number of amides is 2. The number of nitrogens with one attached hydrogen (secondary N) is 1. The number of esters is 2. The van der Waals surface area contributed by atoms with Crippen LogP contribution in [0.2, 0.25) is 0 Å². The summed E-state index contributed by atoms with van der Waals surface area (Å²) in [6.07, 6.45) is 1.63. The zero-order valence-corrected chi connectivity index (χ0v) is 19.1. The van der Waals surface area contributed by atoms with E-state index in [1.54, 1.807) is 18.7 Å². The highest BCUT2D eigenvalue weighted by molar-refractivity contribution is 5.95. The van der Waals surface area contributed by atoms with Crippen molar-refractivity contribution < 1.29 is 23.9 Å². The molecule has 1 saturated heterocycles. The number of carbonyl (C=O) groups excluding carboxylic acids is 3. The molecule has 2 aliphatic rings. The summed E-state index contributed by atoms with van der Waals surface area (Å²) < 4.78 is 10.6. The SMILES string of the molecule is CCOC(=O)C1=C(CN2CCC[C@@H](C(=O)OCC)C2)N(CC)C(=O)N[C@@H]1c1ccccc1. The van der Waals surface area contributed by atoms with E-state index in [1.165, 1.54) is 0 Å². The summed E-state index contributed by atoms with van der Waals surface area (Å²) in [5.74, 6) is -0.825. The predicted octanol–water partition coefficient (Wildman–Crippen LogP) is 2.87. The van der Waals surface area contributed by atoms with Crippen LogP contribution in [0.25, 0.3) is 0 Å². The second-order valence-corrected chi connectivity index (χ2v) is 7.94. The molecular weight excluding hydrogens is 410 g/mol. The Labute approximate surface area is 189 Å². The number of likely N-dealkylation sites (N-methyl/N-ethyl adjacent to an activating group) is 1. The van der Waals surface area contributed by atoms with Crippen molar-refractivity contribution in [2.75, 3.05) is 39.4 Å². The van der Waals surface area contributed by atoms with Gasteiger partial charge in [0.15, 0.2) is 0 Å². The number of nitrogens with zero attached hydrogens (tertiary/aromatic N) is 2. The van der Waals surface area contributed by atoms with Gasteiger partial charge in [-0.1, -0.05) is 30.3 Å². The van der Waals surface area contributed by atoms with E-state index in [4.69, 9.17) is 9.47 Å². The molecule has 0 unspecified atom stereocenters. The summed E-state index contributed by atoms with van der Waals surface area (Å²) in [4.78, 5) is 42.1. The minimum absolute atomic E-state index is 0.187. The van der Waals surface area contributed by atoms with Gasteiger partial charge in [0.05, 0.1) is 30.7 Å². The van der Waals surface area contributed by atoms with E-state index in [0.717, 1.165) is 24.9 Å². The smallest absolute Gasteiger partial charge is 0.338 e. The van der Waals surface area contributed by atoms with E-state index in [-0.39, 0.29) is 24.5 Å². The molecule has 2 amide bonds. The third-order valence-electron chi connectivity index (χ3n) is 5.88. The minimum Gasteiger partial charge on any atom is -0.466 e. The topological polar surface area (TPSA) is 88.2 Å². The number of piperidine rings is 1. The first-order chi connectivity index (χ1) is 15.5. The van der Waals surface area contributed by atoms with E-state index < -0.39 is 12.0 Å². The molecule has 0 bridgehead atoms. The van der Waals surface area contributed by atoms with Crippen molar-refractivity contribution in [3.63, 3.8) is 0 Å². The molecule has 0 saturated carbocycles. The number of ether oxygens (including phenoxy) is 2. The number of hydrogen-bond donors (Lipinski definition) is 1. The number of likely N-dealkylation sites (tertiary alicyclic amines) is 1. The number of hydrogen-bond acceptors (Lipinski definition) is 6. The summed E-state index contributed by atoms with van der Waals surface area (Å²) in [6, 6.07) is 8.59. The lowest BCUT2D eigenvalue weighted by Crippen LogP contribution is -2.51. The molecule has 0 aliphatic carbocycles. The third kappa shape index (κ3) is 5.30. The maximum absolute atomic E-state index is 13.1. The molecule has 0 aromatic heterocycles. The molecule has 0 radical (unpaired) electrons. The van der Waals surface area contributed by atoms with Crippen molar-refractivity contribution in [2.45, 2.75) is 39.7 Å². The normalized spacial score (nSPS) is 21.8. The van der Waals surface area contributed by atoms with Crippen LogP contribution >= 0.6 is 0 Å².